The van der Waals surface area contributed by atoms with E-state index in [-0.39, 0.29) is 11.7 Å². The molecule has 17 heavy (non-hydrogen) atoms. The Labute approximate surface area is 109 Å². The van der Waals surface area contributed by atoms with E-state index in [9.17, 15) is 13.2 Å². The first kappa shape index (κ1) is 14.2. The highest BCUT2D eigenvalue weighted by atomic mass is 79.9. The van der Waals surface area contributed by atoms with Gasteiger partial charge in [-0.2, -0.15) is 0 Å². The maximum absolute atomic E-state index is 12.0. The first-order valence-corrected chi connectivity index (χ1v) is 7.60. The second-order valence-corrected chi connectivity index (χ2v) is 6.52. The Morgan fingerprint density at radius 2 is 2.00 bits per heavy atom. The Morgan fingerprint density at radius 1 is 1.35 bits per heavy atom. The van der Waals surface area contributed by atoms with E-state index in [1.807, 2.05) is 0 Å². The molecule has 0 radical (unpaired) electrons. The minimum Gasteiger partial charge on any atom is -0.356 e. The van der Waals surface area contributed by atoms with Gasteiger partial charge in [0, 0.05) is 17.9 Å². The lowest BCUT2D eigenvalue weighted by atomic mass is 10.4. The molecule has 0 aliphatic carbocycles. The third-order valence-electron chi connectivity index (χ3n) is 2.14. The molecule has 0 aliphatic heterocycles. The zero-order chi connectivity index (χ0) is 12.9. The van der Waals surface area contributed by atoms with Gasteiger partial charge >= 0.3 is 0 Å². The second-order valence-electron chi connectivity index (χ2n) is 3.59. The Balaban J connectivity index is 2.64. The van der Waals surface area contributed by atoms with Gasteiger partial charge in [-0.05, 0) is 34.5 Å². The lowest BCUT2D eigenvalue weighted by Gasteiger charge is -2.06. The number of carbonyl (C=O) groups excluding carboxylic acids is 1. The van der Waals surface area contributed by atoms with Crippen molar-refractivity contribution < 1.29 is 13.2 Å². The number of amides is 1. The van der Waals surface area contributed by atoms with Crippen molar-refractivity contribution in [3.05, 3.63) is 28.7 Å². The van der Waals surface area contributed by atoms with Gasteiger partial charge in [0.2, 0.25) is 5.91 Å². The molecule has 0 unspecified atom stereocenters. The second kappa shape index (κ2) is 6.16. The normalized spacial score (nSPS) is 11.2. The molecule has 0 aliphatic rings. The van der Waals surface area contributed by atoms with Crippen LogP contribution < -0.4 is 5.32 Å². The molecule has 1 N–H and O–H groups in total. The lowest BCUT2D eigenvalue weighted by molar-refractivity contribution is -0.118. The van der Waals surface area contributed by atoms with Crippen LogP contribution in [0.1, 0.15) is 13.3 Å². The maximum Gasteiger partial charge on any atom is 0.216 e. The van der Waals surface area contributed by atoms with E-state index >= 15 is 0 Å². The standard InChI is InChI=1S/C11H14BrNO3S/c1-9(14)13-7-4-8-17(15,16)11-6-3-2-5-10(11)12/h2-3,5-6H,4,7-8H2,1H3,(H,13,14). The molecule has 4 nitrogen and oxygen atoms in total. The van der Waals surface area contributed by atoms with Gasteiger partial charge in [0.05, 0.1) is 10.6 Å². The molecule has 1 amide bonds. The molecular weight excluding hydrogens is 306 g/mol. The summed E-state index contributed by atoms with van der Waals surface area (Å²) in [4.78, 5) is 10.9. The largest absolute Gasteiger partial charge is 0.356 e. The highest BCUT2D eigenvalue weighted by Crippen LogP contribution is 2.22. The van der Waals surface area contributed by atoms with Crippen molar-refractivity contribution in [1.29, 1.82) is 0 Å². The average Bonchev–Trinajstić information content (AvgIpc) is 2.24. The van der Waals surface area contributed by atoms with Crippen LogP contribution in [0.2, 0.25) is 0 Å². The number of halogens is 1. The molecule has 0 saturated carbocycles. The summed E-state index contributed by atoms with van der Waals surface area (Å²) >= 11 is 3.22. The summed E-state index contributed by atoms with van der Waals surface area (Å²) in [6.07, 6.45) is 0.406. The summed E-state index contributed by atoms with van der Waals surface area (Å²) in [5.74, 6) is -0.126. The lowest BCUT2D eigenvalue weighted by Crippen LogP contribution is -2.23. The monoisotopic (exact) mass is 319 g/mol. The van der Waals surface area contributed by atoms with Gasteiger partial charge in [-0.3, -0.25) is 4.79 Å². The first-order valence-electron chi connectivity index (χ1n) is 5.15. The summed E-state index contributed by atoms with van der Waals surface area (Å²) in [5.41, 5.74) is 0. The minimum atomic E-state index is -3.29. The van der Waals surface area contributed by atoms with E-state index < -0.39 is 9.84 Å². The van der Waals surface area contributed by atoms with Gasteiger partial charge in [0.15, 0.2) is 9.84 Å². The van der Waals surface area contributed by atoms with E-state index in [0.29, 0.717) is 22.3 Å². The maximum atomic E-state index is 12.0. The number of benzene rings is 1. The Kier molecular flexibility index (Phi) is 5.14. The molecule has 0 heterocycles. The van der Waals surface area contributed by atoms with Crippen LogP contribution in [0.4, 0.5) is 0 Å². The van der Waals surface area contributed by atoms with Gasteiger partial charge < -0.3 is 5.32 Å². The SMILES string of the molecule is CC(=O)NCCCS(=O)(=O)c1ccccc1Br. The van der Waals surface area contributed by atoms with Crippen molar-refractivity contribution in [2.24, 2.45) is 0 Å². The Bertz CT molecular complexity index is 499. The fourth-order valence-corrected chi connectivity index (χ4v) is 3.75. The first-order chi connectivity index (χ1) is 7.93. The van der Waals surface area contributed by atoms with Crippen molar-refractivity contribution in [1.82, 2.24) is 5.32 Å². The average molecular weight is 320 g/mol. The summed E-state index contributed by atoms with van der Waals surface area (Å²) in [6, 6.07) is 6.71. The van der Waals surface area contributed by atoms with Crippen LogP contribution in [0.25, 0.3) is 0 Å². The van der Waals surface area contributed by atoms with E-state index in [2.05, 4.69) is 21.2 Å². The molecule has 94 valence electrons. The third kappa shape index (κ3) is 4.47. The van der Waals surface area contributed by atoms with Crippen LogP contribution >= 0.6 is 15.9 Å². The highest BCUT2D eigenvalue weighted by molar-refractivity contribution is 9.10. The van der Waals surface area contributed by atoms with Gasteiger partial charge in [0.25, 0.3) is 0 Å². The van der Waals surface area contributed by atoms with Gasteiger partial charge in [0.1, 0.15) is 0 Å². The van der Waals surface area contributed by atoms with Crippen molar-refractivity contribution in [3.63, 3.8) is 0 Å². The number of carbonyl (C=O) groups is 1. The Hall–Kier alpha value is -0.880. The minimum absolute atomic E-state index is 0.0237. The fourth-order valence-electron chi connectivity index (χ4n) is 1.33. The van der Waals surface area contributed by atoms with E-state index in [1.165, 1.54) is 6.92 Å². The van der Waals surface area contributed by atoms with Gasteiger partial charge in [-0.1, -0.05) is 12.1 Å². The van der Waals surface area contributed by atoms with E-state index in [0.717, 1.165) is 0 Å². The van der Waals surface area contributed by atoms with Crippen LogP contribution in [-0.4, -0.2) is 26.6 Å². The molecule has 1 rings (SSSR count). The van der Waals surface area contributed by atoms with Crippen LogP contribution in [0, 0.1) is 0 Å². The van der Waals surface area contributed by atoms with Crippen LogP contribution in [0.15, 0.2) is 33.6 Å². The molecule has 0 aromatic heterocycles. The summed E-state index contributed by atoms with van der Waals surface area (Å²) in [6.45, 7) is 1.78. The summed E-state index contributed by atoms with van der Waals surface area (Å²) in [5, 5.41) is 2.57. The van der Waals surface area contributed by atoms with Crippen molar-refractivity contribution in [2.45, 2.75) is 18.2 Å². The zero-order valence-corrected chi connectivity index (χ0v) is 11.8. The van der Waals surface area contributed by atoms with Crippen LogP contribution in [0.3, 0.4) is 0 Å². The Morgan fingerprint density at radius 3 is 2.59 bits per heavy atom. The molecule has 0 fully saturated rings. The number of hydrogen-bond donors (Lipinski definition) is 1. The fraction of sp³-hybridized carbons (Fsp3) is 0.364. The van der Waals surface area contributed by atoms with Crippen LogP contribution in [0.5, 0.6) is 0 Å². The third-order valence-corrected chi connectivity index (χ3v) is 4.94. The summed E-state index contributed by atoms with van der Waals surface area (Å²) < 4.78 is 24.5. The van der Waals surface area contributed by atoms with Gasteiger partial charge in [-0.25, -0.2) is 8.42 Å². The van der Waals surface area contributed by atoms with Crippen molar-refractivity contribution in [3.8, 4) is 0 Å². The van der Waals surface area contributed by atoms with Crippen LogP contribution in [-0.2, 0) is 14.6 Å². The van der Waals surface area contributed by atoms with E-state index in [1.54, 1.807) is 24.3 Å². The number of sulfone groups is 1. The summed E-state index contributed by atoms with van der Waals surface area (Å²) in [7, 11) is -3.29. The quantitative estimate of drug-likeness (QED) is 0.841. The predicted molar refractivity (Wildman–Crippen MR) is 69.5 cm³/mol. The molecule has 1 aromatic rings. The number of hydrogen-bond acceptors (Lipinski definition) is 3. The van der Waals surface area contributed by atoms with E-state index in [4.69, 9.17) is 0 Å². The molecule has 0 atom stereocenters. The molecule has 6 heteroatoms. The van der Waals surface area contributed by atoms with Crippen molar-refractivity contribution >= 4 is 31.7 Å². The zero-order valence-electron chi connectivity index (χ0n) is 9.44. The molecule has 0 spiro atoms. The molecular formula is C11H14BrNO3S. The predicted octanol–water partition coefficient (Wildman–Crippen LogP) is 1.75. The molecule has 1 aromatic carbocycles. The molecule has 0 saturated heterocycles. The number of nitrogens with one attached hydrogen (secondary N) is 1. The smallest absolute Gasteiger partial charge is 0.216 e. The van der Waals surface area contributed by atoms with Gasteiger partial charge in [-0.15, -0.1) is 0 Å². The number of rotatable bonds is 5. The topological polar surface area (TPSA) is 63.2 Å². The highest BCUT2D eigenvalue weighted by Gasteiger charge is 2.16. The van der Waals surface area contributed by atoms with Crippen molar-refractivity contribution in [2.75, 3.05) is 12.3 Å². The molecule has 0 bridgehead atoms.